The lowest BCUT2D eigenvalue weighted by Crippen LogP contribution is -2.47. The molecule has 1 aliphatic rings. The van der Waals surface area contributed by atoms with Crippen LogP contribution in [0.15, 0.2) is 48.5 Å². The van der Waals surface area contributed by atoms with Crippen molar-refractivity contribution in [1.29, 1.82) is 0 Å². The first-order chi connectivity index (χ1) is 12.1. The number of nitrogens with zero attached hydrogens (tertiary/aromatic N) is 2. The average molecular weight is 359 g/mol. The number of hydrogen-bond acceptors (Lipinski definition) is 3. The van der Waals surface area contributed by atoms with Crippen molar-refractivity contribution in [1.82, 2.24) is 4.90 Å². The molecule has 2 aromatic rings. The molecule has 1 heterocycles. The van der Waals surface area contributed by atoms with Crippen LogP contribution >= 0.6 is 11.6 Å². The van der Waals surface area contributed by atoms with Crippen LogP contribution in [-0.2, 0) is 11.2 Å². The molecule has 5 heteroatoms. The number of amides is 1. The Balaban J connectivity index is 1.62. The van der Waals surface area contributed by atoms with Crippen LogP contribution in [0.4, 0.5) is 5.69 Å². The zero-order valence-corrected chi connectivity index (χ0v) is 15.4. The minimum atomic E-state index is -0.0333. The second-order valence-electron chi connectivity index (χ2n) is 6.32. The molecule has 0 aliphatic carbocycles. The van der Waals surface area contributed by atoms with E-state index in [4.69, 9.17) is 16.3 Å². The van der Waals surface area contributed by atoms with Crippen LogP contribution in [0, 0.1) is 0 Å². The minimum Gasteiger partial charge on any atom is -0.485 e. The Morgan fingerprint density at radius 2 is 1.96 bits per heavy atom. The highest BCUT2D eigenvalue weighted by atomic mass is 35.5. The maximum Gasteiger partial charge on any atom is 0.226 e. The van der Waals surface area contributed by atoms with Crippen LogP contribution in [0.3, 0.4) is 0 Å². The van der Waals surface area contributed by atoms with Gasteiger partial charge in [-0.05, 0) is 36.8 Å². The van der Waals surface area contributed by atoms with Crippen molar-refractivity contribution < 1.29 is 9.53 Å². The number of benzene rings is 2. The van der Waals surface area contributed by atoms with Gasteiger partial charge >= 0.3 is 0 Å². The van der Waals surface area contributed by atoms with E-state index < -0.39 is 0 Å². The standard InChI is InChI=1S/C20H23ClN2O2/c1-3-23-14-17(25-19-7-5-4-6-18(19)23)13-22(2)20(24)12-15-8-10-16(21)11-9-15/h4-11,17H,3,12-14H2,1-2H3/t17-/m0/s1. The van der Waals surface area contributed by atoms with Gasteiger partial charge < -0.3 is 14.5 Å². The van der Waals surface area contributed by atoms with Gasteiger partial charge in [-0.3, -0.25) is 4.79 Å². The number of rotatable bonds is 5. The highest BCUT2D eigenvalue weighted by Crippen LogP contribution is 2.32. The number of carbonyl (C=O) groups is 1. The van der Waals surface area contributed by atoms with E-state index in [9.17, 15) is 4.79 Å². The molecule has 0 unspecified atom stereocenters. The first-order valence-corrected chi connectivity index (χ1v) is 8.93. The van der Waals surface area contributed by atoms with Crippen molar-refractivity contribution in [3.8, 4) is 5.75 Å². The number of carbonyl (C=O) groups excluding carboxylic acids is 1. The predicted molar refractivity (Wildman–Crippen MR) is 102 cm³/mol. The van der Waals surface area contributed by atoms with Gasteiger partial charge in [-0.15, -0.1) is 0 Å². The molecule has 25 heavy (non-hydrogen) atoms. The molecule has 2 aromatic carbocycles. The number of fused-ring (bicyclic) bond motifs is 1. The molecule has 0 aromatic heterocycles. The van der Waals surface area contributed by atoms with Gasteiger partial charge in [-0.25, -0.2) is 0 Å². The highest BCUT2D eigenvalue weighted by Gasteiger charge is 2.26. The van der Waals surface area contributed by atoms with Crippen LogP contribution in [-0.4, -0.2) is 43.6 Å². The summed E-state index contributed by atoms with van der Waals surface area (Å²) >= 11 is 5.89. The predicted octanol–water partition coefficient (Wildman–Crippen LogP) is 3.63. The lowest BCUT2D eigenvalue weighted by atomic mass is 10.1. The fourth-order valence-electron chi connectivity index (χ4n) is 3.09. The number of halogens is 1. The van der Waals surface area contributed by atoms with Crippen LogP contribution in [0.25, 0.3) is 0 Å². The van der Waals surface area contributed by atoms with Gasteiger partial charge in [0.15, 0.2) is 0 Å². The molecule has 0 saturated heterocycles. The van der Waals surface area contributed by atoms with Crippen molar-refractivity contribution in [2.45, 2.75) is 19.4 Å². The van der Waals surface area contributed by atoms with Crippen molar-refractivity contribution in [3.05, 3.63) is 59.1 Å². The van der Waals surface area contributed by atoms with E-state index in [2.05, 4.69) is 17.9 Å². The Kier molecular flexibility index (Phi) is 5.49. The van der Waals surface area contributed by atoms with Crippen LogP contribution < -0.4 is 9.64 Å². The second kappa shape index (κ2) is 7.79. The summed E-state index contributed by atoms with van der Waals surface area (Å²) in [6.45, 7) is 4.40. The van der Waals surface area contributed by atoms with Crippen molar-refractivity contribution in [3.63, 3.8) is 0 Å². The number of anilines is 1. The molecule has 0 saturated carbocycles. The topological polar surface area (TPSA) is 32.8 Å². The second-order valence-corrected chi connectivity index (χ2v) is 6.76. The largest absolute Gasteiger partial charge is 0.485 e. The van der Waals surface area contributed by atoms with Gasteiger partial charge in [-0.1, -0.05) is 35.9 Å². The van der Waals surface area contributed by atoms with Crippen molar-refractivity contribution in [2.75, 3.05) is 31.6 Å². The zero-order valence-electron chi connectivity index (χ0n) is 14.6. The SMILES string of the molecule is CCN1C[C@H](CN(C)C(=O)Cc2ccc(Cl)cc2)Oc2ccccc21. The van der Waals surface area contributed by atoms with E-state index >= 15 is 0 Å². The summed E-state index contributed by atoms with van der Waals surface area (Å²) in [6, 6.07) is 15.5. The quantitative estimate of drug-likeness (QED) is 0.818. The Bertz CT molecular complexity index is 733. The highest BCUT2D eigenvalue weighted by molar-refractivity contribution is 6.30. The third-order valence-electron chi connectivity index (χ3n) is 4.48. The molecule has 1 aliphatic heterocycles. The molecular weight excluding hydrogens is 336 g/mol. The van der Waals surface area contributed by atoms with E-state index in [1.807, 2.05) is 49.5 Å². The number of para-hydroxylation sites is 2. The maximum absolute atomic E-state index is 12.5. The summed E-state index contributed by atoms with van der Waals surface area (Å²) in [5, 5.41) is 0.679. The first kappa shape index (κ1) is 17.6. The third kappa shape index (κ3) is 4.26. The summed E-state index contributed by atoms with van der Waals surface area (Å²) in [5.41, 5.74) is 2.09. The molecule has 0 N–H and O–H groups in total. The lowest BCUT2D eigenvalue weighted by molar-refractivity contribution is -0.130. The minimum absolute atomic E-state index is 0.0333. The monoisotopic (exact) mass is 358 g/mol. The Morgan fingerprint density at radius 1 is 1.24 bits per heavy atom. The molecule has 0 spiro atoms. The van der Waals surface area contributed by atoms with Gasteiger partial charge in [0.05, 0.1) is 25.2 Å². The number of ether oxygens (including phenoxy) is 1. The maximum atomic E-state index is 12.5. The zero-order chi connectivity index (χ0) is 17.8. The molecule has 0 fully saturated rings. The molecule has 1 amide bonds. The summed E-state index contributed by atoms with van der Waals surface area (Å²) in [4.78, 5) is 16.5. The van der Waals surface area contributed by atoms with Crippen LogP contribution in [0.5, 0.6) is 5.75 Å². The van der Waals surface area contributed by atoms with Gasteiger partial charge in [0.25, 0.3) is 0 Å². The fraction of sp³-hybridized carbons (Fsp3) is 0.350. The third-order valence-corrected chi connectivity index (χ3v) is 4.73. The molecule has 4 nitrogen and oxygen atoms in total. The molecular formula is C20H23ClN2O2. The van der Waals surface area contributed by atoms with Crippen LogP contribution in [0.1, 0.15) is 12.5 Å². The smallest absolute Gasteiger partial charge is 0.226 e. The van der Waals surface area contributed by atoms with Gasteiger partial charge in [0.1, 0.15) is 11.9 Å². The average Bonchev–Trinajstić information content (AvgIpc) is 2.62. The normalized spacial score (nSPS) is 16.1. The Morgan fingerprint density at radius 3 is 2.68 bits per heavy atom. The molecule has 132 valence electrons. The fourth-order valence-corrected chi connectivity index (χ4v) is 3.22. The molecule has 3 rings (SSSR count). The summed E-state index contributed by atoms with van der Waals surface area (Å²) in [7, 11) is 1.83. The van der Waals surface area contributed by atoms with E-state index in [1.54, 1.807) is 4.90 Å². The van der Waals surface area contributed by atoms with Crippen LogP contribution in [0.2, 0.25) is 5.02 Å². The Labute approximate surface area is 154 Å². The molecule has 1 atom stereocenters. The first-order valence-electron chi connectivity index (χ1n) is 8.56. The van der Waals surface area contributed by atoms with E-state index in [1.165, 1.54) is 0 Å². The van der Waals surface area contributed by atoms with Crippen molar-refractivity contribution >= 4 is 23.2 Å². The summed E-state index contributed by atoms with van der Waals surface area (Å²) in [5.74, 6) is 0.965. The Hall–Kier alpha value is -2.20. The van der Waals surface area contributed by atoms with Gasteiger partial charge in [-0.2, -0.15) is 0 Å². The summed E-state index contributed by atoms with van der Waals surface area (Å²) in [6.07, 6.45) is 0.336. The van der Waals surface area contributed by atoms with E-state index in [-0.39, 0.29) is 12.0 Å². The number of hydrogen-bond donors (Lipinski definition) is 0. The lowest BCUT2D eigenvalue weighted by Gasteiger charge is -2.37. The molecule has 0 radical (unpaired) electrons. The number of likely N-dealkylation sites (N-methyl/N-ethyl adjacent to an activating group) is 2. The molecule has 0 bridgehead atoms. The summed E-state index contributed by atoms with van der Waals surface area (Å²) < 4.78 is 6.10. The van der Waals surface area contributed by atoms with Crippen molar-refractivity contribution in [2.24, 2.45) is 0 Å². The van der Waals surface area contributed by atoms with Gasteiger partial charge in [0.2, 0.25) is 5.91 Å². The van der Waals surface area contributed by atoms with Gasteiger partial charge in [0, 0.05) is 18.6 Å². The van der Waals surface area contributed by atoms with E-state index in [0.29, 0.717) is 18.0 Å². The van der Waals surface area contributed by atoms with E-state index in [0.717, 1.165) is 30.1 Å².